The topological polar surface area (TPSA) is 44.1 Å². The number of hydrogen-bond acceptors (Lipinski definition) is 3. The summed E-state index contributed by atoms with van der Waals surface area (Å²) >= 11 is 0. The highest BCUT2D eigenvalue weighted by Gasteiger charge is 2.18. The fraction of sp³-hybridized carbons (Fsp3) is 0.0476. The van der Waals surface area contributed by atoms with Gasteiger partial charge in [0.05, 0.1) is 22.1 Å². The Morgan fingerprint density at radius 2 is 1.76 bits per heavy atom. The normalized spacial score (nSPS) is 11.6. The Kier molecular flexibility index (Phi) is 2.82. The molecule has 0 radical (unpaired) electrons. The second-order valence-electron chi connectivity index (χ2n) is 6.04. The second kappa shape index (κ2) is 5.05. The average Bonchev–Trinajstić information content (AvgIpc) is 2.99. The van der Waals surface area contributed by atoms with Crippen LogP contribution in [0.5, 0.6) is 0 Å². The minimum Gasteiger partial charge on any atom is -0.416 e. The van der Waals surface area contributed by atoms with E-state index in [2.05, 4.69) is 11.1 Å². The molecule has 0 unspecified atom stereocenters. The number of carbonyl (C=O) groups is 1. The third-order valence-corrected chi connectivity index (χ3v) is 4.80. The summed E-state index contributed by atoms with van der Waals surface area (Å²) in [6.45, 7) is 0. The molecule has 0 aliphatic carbocycles. The Bertz CT molecular complexity index is 1300. The summed E-state index contributed by atoms with van der Waals surface area (Å²) in [4.78, 5) is 22.3. The maximum atomic E-state index is 12.1. The Hall–Kier alpha value is -3.40. The zero-order chi connectivity index (χ0) is 17.0. The molecule has 0 aliphatic heterocycles. The molecule has 0 atom stereocenters. The standard InChI is InChI=1S/C21H14N2O2/c1-25-23-19-9-5-3-6-14(19)16-10-13-11-22-18-8-4-2-7-15(18)20(13)17(12-24)21(16)23/h2-12H,1H3. The molecule has 0 saturated carbocycles. The summed E-state index contributed by atoms with van der Waals surface area (Å²) in [5, 5.41) is 4.88. The molecule has 0 amide bonds. The molecule has 0 saturated heterocycles. The molecule has 5 rings (SSSR count). The molecule has 120 valence electrons. The lowest BCUT2D eigenvalue weighted by atomic mass is 9.98. The third-order valence-electron chi connectivity index (χ3n) is 4.80. The average molecular weight is 326 g/mol. The number of pyridine rings is 1. The maximum Gasteiger partial charge on any atom is 0.152 e. The number of para-hydroxylation sites is 2. The molecule has 0 N–H and O–H groups in total. The number of aromatic nitrogens is 2. The van der Waals surface area contributed by atoms with Crippen LogP contribution in [0.2, 0.25) is 0 Å². The lowest BCUT2D eigenvalue weighted by Crippen LogP contribution is -2.06. The zero-order valence-electron chi connectivity index (χ0n) is 13.6. The van der Waals surface area contributed by atoms with Gasteiger partial charge in [0.25, 0.3) is 0 Å². The van der Waals surface area contributed by atoms with Crippen LogP contribution in [0, 0.1) is 0 Å². The van der Waals surface area contributed by atoms with Crippen molar-refractivity contribution >= 4 is 49.8 Å². The van der Waals surface area contributed by atoms with Crippen LogP contribution in [0.1, 0.15) is 10.4 Å². The van der Waals surface area contributed by atoms with E-state index in [0.717, 1.165) is 49.8 Å². The highest BCUT2D eigenvalue weighted by molar-refractivity contribution is 6.24. The van der Waals surface area contributed by atoms with E-state index in [-0.39, 0.29) is 0 Å². The molecular weight excluding hydrogens is 312 g/mol. The number of carbonyl (C=O) groups excluding carboxylic acids is 1. The van der Waals surface area contributed by atoms with Crippen LogP contribution in [0.4, 0.5) is 0 Å². The van der Waals surface area contributed by atoms with E-state index in [9.17, 15) is 4.79 Å². The van der Waals surface area contributed by atoms with E-state index in [0.29, 0.717) is 5.56 Å². The van der Waals surface area contributed by atoms with Crippen molar-refractivity contribution in [2.45, 2.75) is 0 Å². The molecular formula is C21H14N2O2. The number of benzene rings is 3. The molecule has 0 spiro atoms. The molecule has 0 fully saturated rings. The molecule has 4 nitrogen and oxygen atoms in total. The molecule has 0 bridgehead atoms. The monoisotopic (exact) mass is 326 g/mol. The maximum absolute atomic E-state index is 12.1. The predicted octanol–water partition coefficient (Wildman–Crippen LogP) is 4.37. The smallest absolute Gasteiger partial charge is 0.152 e. The lowest BCUT2D eigenvalue weighted by Gasteiger charge is -2.10. The van der Waals surface area contributed by atoms with Crippen LogP contribution in [-0.4, -0.2) is 23.1 Å². The van der Waals surface area contributed by atoms with Crippen LogP contribution in [0.25, 0.3) is 43.5 Å². The third kappa shape index (κ3) is 1.76. The van der Waals surface area contributed by atoms with Gasteiger partial charge in [-0.1, -0.05) is 36.4 Å². The number of rotatable bonds is 2. The highest BCUT2D eigenvalue weighted by Crippen LogP contribution is 2.36. The first-order chi connectivity index (χ1) is 12.3. The van der Waals surface area contributed by atoms with Crippen molar-refractivity contribution in [1.82, 2.24) is 9.71 Å². The fourth-order valence-electron chi connectivity index (χ4n) is 3.78. The van der Waals surface area contributed by atoms with E-state index in [1.54, 1.807) is 11.8 Å². The number of aldehydes is 1. The minimum absolute atomic E-state index is 0.629. The van der Waals surface area contributed by atoms with Gasteiger partial charge in [0.2, 0.25) is 0 Å². The molecule has 4 heteroatoms. The summed E-state index contributed by atoms with van der Waals surface area (Å²) in [5.41, 5.74) is 3.24. The van der Waals surface area contributed by atoms with Crippen LogP contribution in [-0.2, 0) is 0 Å². The summed E-state index contributed by atoms with van der Waals surface area (Å²) in [5.74, 6) is 0. The predicted molar refractivity (Wildman–Crippen MR) is 100 cm³/mol. The minimum atomic E-state index is 0.629. The first-order valence-electron chi connectivity index (χ1n) is 8.06. The largest absolute Gasteiger partial charge is 0.416 e. The SMILES string of the molecule is COn1c2ccccc2c2cc3cnc4ccccc4c3c(C=O)c21. The van der Waals surface area contributed by atoms with Gasteiger partial charge in [-0.05, 0) is 18.2 Å². The van der Waals surface area contributed by atoms with Gasteiger partial charge in [-0.3, -0.25) is 9.78 Å². The highest BCUT2D eigenvalue weighted by atomic mass is 16.6. The molecule has 5 aromatic rings. The Balaban J connectivity index is 2.15. The van der Waals surface area contributed by atoms with Crippen molar-refractivity contribution in [3.63, 3.8) is 0 Å². The van der Waals surface area contributed by atoms with Gasteiger partial charge in [0.1, 0.15) is 7.11 Å². The Morgan fingerprint density at radius 1 is 1.00 bits per heavy atom. The summed E-state index contributed by atoms with van der Waals surface area (Å²) in [7, 11) is 1.62. The molecule has 2 heterocycles. The van der Waals surface area contributed by atoms with Crippen molar-refractivity contribution < 1.29 is 9.63 Å². The van der Waals surface area contributed by atoms with Gasteiger partial charge < -0.3 is 4.84 Å². The molecule has 2 aromatic heterocycles. The van der Waals surface area contributed by atoms with Gasteiger partial charge in [-0.2, -0.15) is 4.73 Å². The molecule has 25 heavy (non-hydrogen) atoms. The quantitative estimate of drug-likeness (QED) is 0.357. The zero-order valence-corrected chi connectivity index (χ0v) is 13.6. The molecule has 3 aromatic carbocycles. The van der Waals surface area contributed by atoms with E-state index in [4.69, 9.17) is 4.84 Å². The van der Waals surface area contributed by atoms with Crippen LogP contribution < -0.4 is 4.84 Å². The Morgan fingerprint density at radius 3 is 2.56 bits per heavy atom. The van der Waals surface area contributed by atoms with Gasteiger partial charge in [-0.25, -0.2) is 0 Å². The number of nitrogens with zero attached hydrogens (tertiary/aromatic N) is 2. The first-order valence-corrected chi connectivity index (χ1v) is 8.06. The lowest BCUT2D eigenvalue weighted by molar-refractivity contribution is 0.112. The second-order valence-corrected chi connectivity index (χ2v) is 6.04. The van der Waals surface area contributed by atoms with Gasteiger partial charge >= 0.3 is 0 Å². The number of fused-ring (bicyclic) bond motifs is 6. The van der Waals surface area contributed by atoms with Gasteiger partial charge in [-0.15, -0.1) is 0 Å². The summed E-state index contributed by atoms with van der Waals surface area (Å²) < 4.78 is 1.74. The molecule has 0 aliphatic rings. The van der Waals surface area contributed by atoms with Gasteiger partial charge in [0, 0.05) is 33.1 Å². The number of hydrogen-bond donors (Lipinski definition) is 0. The van der Waals surface area contributed by atoms with Crippen molar-refractivity contribution in [2.75, 3.05) is 7.11 Å². The fourth-order valence-corrected chi connectivity index (χ4v) is 3.78. The first kappa shape index (κ1) is 14.0. The van der Waals surface area contributed by atoms with Gasteiger partial charge in [0.15, 0.2) is 6.29 Å². The van der Waals surface area contributed by atoms with E-state index < -0.39 is 0 Å². The van der Waals surface area contributed by atoms with Crippen molar-refractivity contribution in [3.05, 3.63) is 66.4 Å². The summed E-state index contributed by atoms with van der Waals surface area (Å²) in [6, 6.07) is 18.0. The Labute approximate surface area is 143 Å². The van der Waals surface area contributed by atoms with Crippen molar-refractivity contribution in [3.8, 4) is 0 Å². The van der Waals surface area contributed by atoms with E-state index in [1.807, 2.05) is 54.7 Å². The van der Waals surface area contributed by atoms with Crippen LogP contribution in [0.3, 0.4) is 0 Å². The van der Waals surface area contributed by atoms with Crippen LogP contribution >= 0.6 is 0 Å². The van der Waals surface area contributed by atoms with Crippen molar-refractivity contribution in [2.24, 2.45) is 0 Å². The van der Waals surface area contributed by atoms with E-state index in [1.165, 1.54) is 0 Å². The van der Waals surface area contributed by atoms with Crippen molar-refractivity contribution in [1.29, 1.82) is 0 Å². The summed E-state index contributed by atoms with van der Waals surface area (Å²) in [6.07, 6.45) is 2.76. The van der Waals surface area contributed by atoms with E-state index >= 15 is 0 Å². The van der Waals surface area contributed by atoms with Crippen LogP contribution in [0.15, 0.2) is 60.8 Å².